The predicted molar refractivity (Wildman–Crippen MR) is 104 cm³/mol. The number of hydrogen-bond donors (Lipinski definition) is 1. The van der Waals surface area contributed by atoms with Crippen molar-refractivity contribution in [3.05, 3.63) is 58.6 Å². The molecule has 0 saturated carbocycles. The van der Waals surface area contributed by atoms with Crippen LogP contribution in [0.5, 0.6) is 5.75 Å². The number of nitrogens with zero attached hydrogens (tertiary/aromatic N) is 4. The quantitative estimate of drug-likeness (QED) is 0.610. The Balaban J connectivity index is 1.65. The molecule has 27 heavy (non-hydrogen) atoms. The van der Waals surface area contributed by atoms with Crippen molar-refractivity contribution in [3.8, 4) is 11.4 Å². The molecule has 0 unspecified atom stereocenters. The van der Waals surface area contributed by atoms with Gasteiger partial charge in [0.25, 0.3) is 0 Å². The molecular formula is C18H18ClN5O2S. The van der Waals surface area contributed by atoms with Crippen molar-refractivity contribution < 1.29 is 9.53 Å². The fourth-order valence-electron chi connectivity index (χ4n) is 2.40. The van der Waals surface area contributed by atoms with E-state index in [0.717, 1.165) is 16.8 Å². The minimum absolute atomic E-state index is 0.134. The molecule has 2 aromatic carbocycles. The van der Waals surface area contributed by atoms with E-state index in [2.05, 4.69) is 20.8 Å². The fourth-order valence-corrected chi connectivity index (χ4v) is 3.32. The number of ether oxygens (including phenoxy) is 1. The molecule has 9 heteroatoms. The van der Waals surface area contributed by atoms with E-state index < -0.39 is 0 Å². The van der Waals surface area contributed by atoms with Gasteiger partial charge < -0.3 is 10.1 Å². The van der Waals surface area contributed by atoms with Crippen LogP contribution in [0, 0.1) is 6.92 Å². The largest absolute Gasteiger partial charge is 0.494 e. The molecule has 0 aliphatic rings. The third kappa shape index (κ3) is 4.78. The molecule has 1 aromatic heterocycles. The third-order valence-corrected chi connectivity index (χ3v) is 5.06. The first-order valence-electron chi connectivity index (χ1n) is 8.15. The lowest BCUT2D eigenvalue weighted by Gasteiger charge is -2.10. The number of carbonyl (C=O) groups is 1. The minimum Gasteiger partial charge on any atom is -0.494 e. The Morgan fingerprint density at radius 2 is 2.11 bits per heavy atom. The summed E-state index contributed by atoms with van der Waals surface area (Å²) in [6.07, 6.45) is 0. The maximum absolute atomic E-state index is 12.2. The summed E-state index contributed by atoms with van der Waals surface area (Å²) in [4.78, 5) is 12.2. The molecular weight excluding hydrogens is 386 g/mol. The highest BCUT2D eigenvalue weighted by Gasteiger charge is 2.15. The fraction of sp³-hybridized carbons (Fsp3) is 0.222. The number of carbonyl (C=O) groups excluding carboxylic acids is 1. The number of aromatic nitrogens is 4. The first-order valence-corrected chi connectivity index (χ1v) is 9.51. The maximum Gasteiger partial charge on any atom is 0.230 e. The summed E-state index contributed by atoms with van der Waals surface area (Å²) in [5.41, 5.74) is 2.64. The summed E-state index contributed by atoms with van der Waals surface area (Å²) in [6, 6.07) is 13.1. The second-order valence-corrected chi connectivity index (χ2v) is 7.06. The monoisotopic (exact) mass is 403 g/mol. The van der Waals surface area contributed by atoms with Gasteiger partial charge in [0, 0.05) is 11.6 Å². The van der Waals surface area contributed by atoms with E-state index >= 15 is 0 Å². The number of nitrogens with one attached hydrogen (secondary N) is 1. The Bertz CT molecular complexity index is 947. The van der Waals surface area contributed by atoms with Crippen molar-refractivity contribution in [3.63, 3.8) is 0 Å². The molecule has 0 saturated heterocycles. The molecule has 0 bridgehead atoms. The summed E-state index contributed by atoms with van der Waals surface area (Å²) in [7, 11) is 1.59. The number of methoxy groups -OCH3 is 1. The SMILES string of the molecule is COc1ccc(C)cc1-n1nnnc1SCC(=O)NCc1ccccc1Cl. The van der Waals surface area contributed by atoms with Crippen LogP contribution >= 0.6 is 23.4 Å². The van der Waals surface area contributed by atoms with Gasteiger partial charge in [-0.15, -0.1) is 5.10 Å². The van der Waals surface area contributed by atoms with Crippen molar-refractivity contribution in [2.45, 2.75) is 18.6 Å². The van der Waals surface area contributed by atoms with Gasteiger partial charge in [0.05, 0.1) is 12.9 Å². The first-order chi connectivity index (χ1) is 13.1. The average molecular weight is 404 g/mol. The molecule has 0 atom stereocenters. The Hall–Kier alpha value is -2.58. The van der Waals surface area contributed by atoms with Gasteiger partial charge >= 0.3 is 0 Å². The molecule has 0 fully saturated rings. The standard InChI is InChI=1S/C18H18ClN5O2S/c1-12-7-8-16(26-2)15(9-12)24-18(21-22-23-24)27-11-17(25)20-10-13-5-3-4-6-14(13)19/h3-9H,10-11H2,1-2H3,(H,20,25). The van der Waals surface area contributed by atoms with Crippen LogP contribution in [0.4, 0.5) is 0 Å². The highest BCUT2D eigenvalue weighted by atomic mass is 35.5. The molecule has 3 rings (SSSR count). The van der Waals surface area contributed by atoms with Gasteiger partial charge in [0.1, 0.15) is 11.4 Å². The molecule has 1 heterocycles. The molecule has 0 aliphatic heterocycles. The maximum atomic E-state index is 12.2. The number of amides is 1. The van der Waals surface area contributed by atoms with Crippen molar-refractivity contribution in [2.24, 2.45) is 0 Å². The third-order valence-electron chi connectivity index (χ3n) is 3.77. The number of aryl methyl sites for hydroxylation is 1. The summed E-state index contributed by atoms with van der Waals surface area (Å²) < 4.78 is 6.95. The number of hydrogen-bond acceptors (Lipinski definition) is 6. The van der Waals surface area contributed by atoms with Crippen LogP contribution in [0.2, 0.25) is 5.02 Å². The van der Waals surface area contributed by atoms with Crippen molar-refractivity contribution in [1.82, 2.24) is 25.5 Å². The highest BCUT2D eigenvalue weighted by molar-refractivity contribution is 7.99. The zero-order valence-electron chi connectivity index (χ0n) is 14.8. The van der Waals surface area contributed by atoms with E-state index in [-0.39, 0.29) is 11.7 Å². The van der Waals surface area contributed by atoms with Crippen LogP contribution in [0.15, 0.2) is 47.6 Å². The molecule has 3 aromatic rings. The first kappa shape index (κ1) is 19.2. The van der Waals surface area contributed by atoms with E-state index in [1.165, 1.54) is 11.8 Å². The van der Waals surface area contributed by atoms with Gasteiger partial charge in [-0.05, 0) is 46.7 Å². The van der Waals surface area contributed by atoms with Crippen LogP contribution in [0.25, 0.3) is 5.69 Å². The van der Waals surface area contributed by atoms with E-state index in [4.69, 9.17) is 16.3 Å². The van der Waals surface area contributed by atoms with Crippen LogP contribution < -0.4 is 10.1 Å². The van der Waals surface area contributed by atoms with Gasteiger partial charge in [-0.1, -0.05) is 47.6 Å². The van der Waals surface area contributed by atoms with Crippen molar-refractivity contribution in [2.75, 3.05) is 12.9 Å². The van der Waals surface area contributed by atoms with Crippen LogP contribution in [0.3, 0.4) is 0 Å². The Morgan fingerprint density at radius 1 is 1.30 bits per heavy atom. The van der Waals surface area contributed by atoms with Gasteiger partial charge in [0.2, 0.25) is 11.1 Å². The van der Waals surface area contributed by atoms with Crippen LogP contribution in [-0.2, 0) is 11.3 Å². The van der Waals surface area contributed by atoms with Crippen LogP contribution in [-0.4, -0.2) is 39.0 Å². The normalized spacial score (nSPS) is 10.6. The summed E-state index contributed by atoms with van der Waals surface area (Å²) in [5, 5.41) is 15.7. The van der Waals surface area contributed by atoms with E-state index in [1.807, 2.05) is 43.3 Å². The number of tetrazole rings is 1. The van der Waals surface area contributed by atoms with Crippen LogP contribution in [0.1, 0.15) is 11.1 Å². The number of thioether (sulfide) groups is 1. The second kappa shape index (κ2) is 8.88. The average Bonchev–Trinajstić information content (AvgIpc) is 3.14. The molecule has 140 valence electrons. The Morgan fingerprint density at radius 3 is 2.89 bits per heavy atom. The van der Waals surface area contributed by atoms with Gasteiger partial charge in [-0.2, -0.15) is 4.68 Å². The minimum atomic E-state index is -0.134. The van der Waals surface area contributed by atoms with Crippen molar-refractivity contribution >= 4 is 29.3 Å². The van der Waals surface area contributed by atoms with E-state index in [9.17, 15) is 4.79 Å². The molecule has 0 radical (unpaired) electrons. The summed E-state index contributed by atoms with van der Waals surface area (Å²) in [5.74, 6) is 0.697. The Kier molecular flexibility index (Phi) is 6.31. The lowest BCUT2D eigenvalue weighted by molar-refractivity contribution is -0.118. The Labute approximate surface area is 166 Å². The summed E-state index contributed by atoms with van der Waals surface area (Å²) >= 11 is 7.34. The summed E-state index contributed by atoms with van der Waals surface area (Å²) in [6.45, 7) is 2.35. The zero-order valence-corrected chi connectivity index (χ0v) is 16.4. The lowest BCUT2D eigenvalue weighted by Crippen LogP contribution is -2.24. The molecule has 0 aliphatic carbocycles. The van der Waals surface area contributed by atoms with Gasteiger partial charge in [-0.25, -0.2) is 0 Å². The lowest BCUT2D eigenvalue weighted by atomic mass is 10.2. The number of benzene rings is 2. The molecule has 1 amide bonds. The van der Waals surface area contributed by atoms with Gasteiger partial charge in [0.15, 0.2) is 0 Å². The topological polar surface area (TPSA) is 81.9 Å². The van der Waals surface area contributed by atoms with E-state index in [1.54, 1.807) is 17.9 Å². The smallest absolute Gasteiger partial charge is 0.230 e. The van der Waals surface area contributed by atoms with E-state index in [0.29, 0.717) is 22.5 Å². The predicted octanol–water partition coefficient (Wildman–Crippen LogP) is 3.04. The number of rotatable bonds is 7. The van der Waals surface area contributed by atoms with Gasteiger partial charge in [-0.3, -0.25) is 4.79 Å². The zero-order chi connectivity index (χ0) is 19.2. The molecule has 1 N–H and O–H groups in total. The highest BCUT2D eigenvalue weighted by Crippen LogP contribution is 2.26. The molecule has 0 spiro atoms. The van der Waals surface area contributed by atoms with Crippen molar-refractivity contribution in [1.29, 1.82) is 0 Å². The second-order valence-electron chi connectivity index (χ2n) is 5.71. The molecule has 7 nitrogen and oxygen atoms in total. The number of halogens is 1.